The Morgan fingerprint density at radius 1 is 1.25 bits per heavy atom. The van der Waals surface area contributed by atoms with Crippen LogP contribution in [0.25, 0.3) is 0 Å². The Balaban J connectivity index is 2.23. The number of benzene rings is 1. The van der Waals surface area contributed by atoms with Crippen LogP contribution in [0.3, 0.4) is 0 Å². The van der Waals surface area contributed by atoms with E-state index in [-0.39, 0.29) is 13.2 Å². The lowest BCUT2D eigenvalue weighted by Gasteiger charge is -2.31. The number of hydrogen-bond acceptors (Lipinski definition) is 3. The van der Waals surface area contributed by atoms with Crippen LogP contribution in [0.15, 0.2) is 36.7 Å². The van der Waals surface area contributed by atoms with Crippen molar-refractivity contribution in [3.05, 3.63) is 52.8 Å². The molecule has 0 amide bonds. The molecule has 1 heterocycles. The number of aliphatic hydroxyl groups is 2. The Hall–Kier alpha value is -1.36. The van der Waals surface area contributed by atoms with E-state index in [4.69, 9.17) is 11.6 Å². The second-order valence-corrected chi connectivity index (χ2v) is 5.51. The van der Waals surface area contributed by atoms with E-state index >= 15 is 0 Å². The summed E-state index contributed by atoms with van der Waals surface area (Å²) in [7, 11) is 1.86. The summed E-state index contributed by atoms with van der Waals surface area (Å²) < 4.78 is 1.74. The largest absolute Gasteiger partial charge is 0.395 e. The average molecular weight is 295 g/mol. The Kier molecular flexibility index (Phi) is 4.81. The van der Waals surface area contributed by atoms with Crippen LogP contribution >= 0.6 is 11.6 Å². The van der Waals surface area contributed by atoms with Gasteiger partial charge in [0.15, 0.2) is 0 Å². The molecule has 0 unspecified atom stereocenters. The van der Waals surface area contributed by atoms with E-state index in [1.54, 1.807) is 16.9 Å². The van der Waals surface area contributed by atoms with Gasteiger partial charge < -0.3 is 10.2 Å². The number of rotatable bonds is 6. The standard InChI is InChI=1S/C15H19ClN2O2/c1-18-9-12(8-17-18)6-7-15(10-19,11-20)13-4-2-3-5-14(13)16/h2-5,8-9,19-20H,6-7,10-11H2,1H3. The van der Waals surface area contributed by atoms with Crippen molar-refractivity contribution < 1.29 is 10.2 Å². The van der Waals surface area contributed by atoms with Gasteiger partial charge in [0.1, 0.15) is 0 Å². The second kappa shape index (κ2) is 6.39. The molecule has 0 saturated heterocycles. The third kappa shape index (κ3) is 3.03. The second-order valence-electron chi connectivity index (χ2n) is 5.10. The van der Waals surface area contributed by atoms with Gasteiger partial charge in [-0.3, -0.25) is 4.68 Å². The number of aryl methyl sites for hydroxylation is 2. The van der Waals surface area contributed by atoms with Gasteiger partial charge in [0.25, 0.3) is 0 Å². The van der Waals surface area contributed by atoms with Crippen molar-refractivity contribution in [3.8, 4) is 0 Å². The molecule has 2 rings (SSSR count). The molecule has 0 spiro atoms. The molecule has 0 atom stereocenters. The third-order valence-corrected chi connectivity index (χ3v) is 4.03. The quantitative estimate of drug-likeness (QED) is 0.856. The lowest BCUT2D eigenvalue weighted by Crippen LogP contribution is -2.35. The number of aromatic nitrogens is 2. The minimum absolute atomic E-state index is 0.145. The van der Waals surface area contributed by atoms with Gasteiger partial charge in [-0.1, -0.05) is 29.8 Å². The van der Waals surface area contributed by atoms with E-state index in [0.717, 1.165) is 17.5 Å². The van der Waals surface area contributed by atoms with E-state index in [2.05, 4.69) is 5.10 Å². The van der Waals surface area contributed by atoms with E-state index in [0.29, 0.717) is 11.4 Å². The first kappa shape index (κ1) is 15.0. The first-order valence-electron chi connectivity index (χ1n) is 6.55. The molecule has 4 nitrogen and oxygen atoms in total. The van der Waals surface area contributed by atoms with Crippen molar-refractivity contribution in [3.63, 3.8) is 0 Å². The van der Waals surface area contributed by atoms with E-state index in [9.17, 15) is 10.2 Å². The molecule has 108 valence electrons. The maximum Gasteiger partial charge on any atom is 0.0550 e. The van der Waals surface area contributed by atoms with Gasteiger partial charge in [-0.25, -0.2) is 0 Å². The first-order valence-corrected chi connectivity index (χ1v) is 6.93. The molecule has 0 aliphatic rings. The molecule has 2 aromatic rings. The predicted molar refractivity (Wildman–Crippen MR) is 78.8 cm³/mol. The smallest absolute Gasteiger partial charge is 0.0550 e. The fraction of sp³-hybridized carbons (Fsp3) is 0.400. The van der Waals surface area contributed by atoms with Crippen LogP contribution in [0.1, 0.15) is 17.5 Å². The van der Waals surface area contributed by atoms with Gasteiger partial charge in [-0.05, 0) is 30.0 Å². The van der Waals surface area contributed by atoms with Gasteiger partial charge in [0.2, 0.25) is 0 Å². The number of hydrogen-bond donors (Lipinski definition) is 2. The fourth-order valence-corrected chi connectivity index (χ4v) is 2.73. The third-order valence-electron chi connectivity index (χ3n) is 3.70. The number of nitrogens with zero attached hydrogens (tertiary/aromatic N) is 2. The molecule has 0 fully saturated rings. The summed E-state index contributed by atoms with van der Waals surface area (Å²) in [5.74, 6) is 0. The van der Waals surface area contributed by atoms with E-state index < -0.39 is 5.41 Å². The van der Waals surface area contributed by atoms with E-state index in [1.807, 2.05) is 31.4 Å². The Bertz CT molecular complexity index is 565. The highest BCUT2D eigenvalue weighted by Crippen LogP contribution is 2.33. The maximum atomic E-state index is 9.80. The highest BCUT2D eigenvalue weighted by Gasteiger charge is 2.32. The molecule has 0 aliphatic carbocycles. The molecule has 1 aromatic carbocycles. The highest BCUT2D eigenvalue weighted by molar-refractivity contribution is 6.31. The van der Waals surface area contributed by atoms with Crippen molar-refractivity contribution in [2.45, 2.75) is 18.3 Å². The molecule has 0 bridgehead atoms. The summed E-state index contributed by atoms with van der Waals surface area (Å²) >= 11 is 6.21. The number of halogens is 1. The highest BCUT2D eigenvalue weighted by atomic mass is 35.5. The molecule has 2 N–H and O–H groups in total. The van der Waals surface area contributed by atoms with Gasteiger partial charge in [0, 0.05) is 23.7 Å². The van der Waals surface area contributed by atoms with Crippen LogP contribution in [0.4, 0.5) is 0 Å². The molecule has 20 heavy (non-hydrogen) atoms. The maximum absolute atomic E-state index is 9.80. The minimum Gasteiger partial charge on any atom is -0.395 e. The van der Waals surface area contributed by atoms with Crippen LogP contribution < -0.4 is 0 Å². The van der Waals surface area contributed by atoms with Gasteiger partial charge in [-0.2, -0.15) is 5.10 Å². The van der Waals surface area contributed by atoms with Crippen molar-refractivity contribution in [1.29, 1.82) is 0 Å². The van der Waals surface area contributed by atoms with Crippen molar-refractivity contribution in [1.82, 2.24) is 9.78 Å². The van der Waals surface area contributed by atoms with Crippen LogP contribution in [0, 0.1) is 0 Å². The minimum atomic E-state index is -0.728. The summed E-state index contributed by atoms with van der Waals surface area (Å²) in [6.45, 7) is -0.291. The molecule has 1 aromatic heterocycles. The summed E-state index contributed by atoms with van der Waals surface area (Å²) in [6, 6.07) is 7.34. The van der Waals surface area contributed by atoms with Crippen LogP contribution in [0.5, 0.6) is 0 Å². The summed E-state index contributed by atoms with van der Waals surface area (Å²) in [5, 5.41) is 24.3. The monoisotopic (exact) mass is 294 g/mol. The van der Waals surface area contributed by atoms with Gasteiger partial charge in [0.05, 0.1) is 19.4 Å². The van der Waals surface area contributed by atoms with Crippen LogP contribution in [-0.2, 0) is 18.9 Å². The number of aliphatic hydroxyl groups excluding tert-OH is 2. The lowest BCUT2D eigenvalue weighted by atomic mass is 9.77. The van der Waals surface area contributed by atoms with Crippen LogP contribution in [-0.4, -0.2) is 33.2 Å². The van der Waals surface area contributed by atoms with E-state index in [1.165, 1.54) is 0 Å². The molecule has 0 saturated carbocycles. The molecular formula is C15H19ClN2O2. The molecular weight excluding hydrogens is 276 g/mol. The van der Waals surface area contributed by atoms with Crippen LogP contribution in [0.2, 0.25) is 5.02 Å². The summed E-state index contributed by atoms with van der Waals surface area (Å²) in [6.07, 6.45) is 5.06. The molecule has 0 radical (unpaired) electrons. The zero-order valence-electron chi connectivity index (χ0n) is 11.5. The Labute approximate surface area is 123 Å². The zero-order chi connectivity index (χ0) is 14.6. The Morgan fingerprint density at radius 2 is 1.95 bits per heavy atom. The normalized spacial score (nSPS) is 11.8. The lowest BCUT2D eigenvalue weighted by molar-refractivity contribution is 0.109. The van der Waals surface area contributed by atoms with Crippen molar-refractivity contribution >= 4 is 11.6 Å². The van der Waals surface area contributed by atoms with Gasteiger partial charge >= 0.3 is 0 Å². The average Bonchev–Trinajstić information content (AvgIpc) is 2.88. The molecule has 0 aliphatic heterocycles. The Morgan fingerprint density at radius 3 is 2.50 bits per heavy atom. The van der Waals surface area contributed by atoms with Crippen molar-refractivity contribution in [2.24, 2.45) is 7.05 Å². The summed E-state index contributed by atoms with van der Waals surface area (Å²) in [4.78, 5) is 0. The summed E-state index contributed by atoms with van der Waals surface area (Å²) in [5.41, 5.74) is 1.13. The van der Waals surface area contributed by atoms with Gasteiger partial charge in [-0.15, -0.1) is 0 Å². The van der Waals surface area contributed by atoms with Crippen molar-refractivity contribution in [2.75, 3.05) is 13.2 Å². The topological polar surface area (TPSA) is 58.3 Å². The zero-order valence-corrected chi connectivity index (χ0v) is 12.2. The first-order chi connectivity index (χ1) is 9.61. The molecule has 5 heteroatoms. The predicted octanol–water partition coefficient (Wildman–Crippen LogP) is 1.93. The SMILES string of the molecule is Cn1cc(CCC(CO)(CO)c2ccccc2Cl)cn1. The fourth-order valence-electron chi connectivity index (χ4n) is 2.39.